The molecule has 2 heterocycles. The maximum atomic E-state index is 6.11. The zero-order valence-electron chi connectivity index (χ0n) is 15.8. The van der Waals surface area contributed by atoms with E-state index in [2.05, 4.69) is 23.0 Å². The quantitative estimate of drug-likeness (QED) is 0.828. The molecule has 0 aliphatic carbocycles. The van der Waals surface area contributed by atoms with Crippen LogP contribution < -0.4 is 15.2 Å². The van der Waals surface area contributed by atoms with Crippen molar-refractivity contribution in [1.82, 2.24) is 10.1 Å². The Hall–Kier alpha value is -1.76. The van der Waals surface area contributed by atoms with Gasteiger partial charge in [0.05, 0.1) is 18.4 Å². The van der Waals surface area contributed by atoms with Crippen molar-refractivity contribution in [3.8, 4) is 11.5 Å². The summed E-state index contributed by atoms with van der Waals surface area (Å²) in [5.74, 6) is 2.78. The molecule has 0 saturated carbocycles. The van der Waals surface area contributed by atoms with Crippen LogP contribution in [0.3, 0.4) is 0 Å². The highest BCUT2D eigenvalue weighted by molar-refractivity contribution is 5.85. The van der Waals surface area contributed by atoms with Crippen LogP contribution in [0.4, 0.5) is 0 Å². The Bertz CT molecular complexity index is 705. The summed E-state index contributed by atoms with van der Waals surface area (Å²) in [5.41, 5.74) is 9.14. The molecule has 144 valence electrons. The first-order chi connectivity index (χ1) is 12.0. The number of benzene rings is 1. The number of methoxy groups -OCH3 is 1. The summed E-state index contributed by atoms with van der Waals surface area (Å²) < 4.78 is 16.6. The van der Waals surface area contributed by atoms with Gasteiger partial charge in [-0.3, -0.25) is 4.90 Å². The van der Waals surface area contributed by atoms with Crippen LogP contribution in [0.2, 0.25) is 0 Å². The molecular formula is C19H28ClN3O3. The molecular weight excluding hydrogens is 354 g/mol. The molecule has 1 aliphatic rings. The second-order valence-electron chi connectivity index (χ2n) is 6.91. The summed E-state index contributed by atoms with van der Waals surface area (Å²) in [6.45, 7) is 9.27. The Kier molecular flexibility index (Phi) is 6.92. The van der Waals surface area contributed by atoms with Crippen molar-refractivity contribution in [3.63, 3.8) is 0 Å². The first-order valence-corrected chi connectivity index (χ1v) is 8.67. The second-order valence-corrected chi connectivity index (χ2v) is 6.91. The third-order valence-electron chi connectivity index (χ3n) is 4.93. The van der Waals surface area contributed by atoms with Crippen LogP contribution in [0.1, 0.15) is 29.5 Å². The molecule has 0 amide bonds. The number of ether oxygens (including phenoxy) is 2. The van der Waals surface area contributed by atoms with Crippen LogP contribution in [0.25, 0.3) is 0 Å². The molecule has 2 unspecified atom stereocenters. The molecule has 1 saturated heterocycles. The average molecular weight is 382 g/mol. The van der Waals surface area contributed by atoms with Crippen molar-refractivity contribution >= 4 is 12.4 Å². The van der Waals surface area contributed by atoms with Gasteiger partial charge in [-0.2, -0.15) is 0 Å². The molecule has 1 aliphatic heterocycles. The number of rotatable bonds is 6. The smallest absolute Gasteiger partial charge is 0.161 e. The van der Waals surface area contributed by atoms with Gasteiger partial charge < -0.3 is 19.7 Å². The van der Waals surface area contributed by atoms with Crippen molar-refractivity contribution in [2.45, 2.75) is 40.0 Å². The van der Waals surface area contributed by atoms with Gasteiger partial charge >= 0.3 is 0 Å². The minimum Gasteiger partial charge on any atom is -0.493 e. The normalized spacial score (nSPS) is 20.0. The molecule has 2 atom stereocenters. The predicted molar refractivity (Wildman–Crippen MR) is 103 cm³/mol. The van der Waals surface area contributed by atoms with Gasteiger partial charge in [0.15, 0.2) is 11.5 Å². The van der Waals surface area contributed by atoms with E-state index in [-0.39, 0.29) is 18.4 Å². The van der Waals surface area contributed by atoms with E-state index in [9.17, 15) is 0 Å². The van der Waals surface area contributed by atoms with Crippen molar-refractivity contribution < 1.29 is 14.0 Å². The van der Waals surface area contributed by atoms with Gasteiger partial charge in [-0.15, -0.1) is 12.4 Å². The zero-order valence-corrected chi connectivity index (χ0v) is 16.6. The van der Waals surface area contributed by atoms with Crippen LogP contribution in [-0.4, -0.2) is 36.3 Å². The lowest BCUT2D eigenvalue weighted by atomic mass is 10.1. The van der Waals surface area contributed by atoms with Crippen LogP contribution >= 0.6 is 12.4 Å². The molecule has 3 rings (SSSR count). The van der Waals surface area contributed by atoms with Gasteiger partial charge in [-0.05, 0) is 37.5 Å². The number of likely N-dealkylation sites (tertiary alicyclic amines) is 1. The van der Waals surface area contributed by atoms with E-state index in [1.165, 1.54) is 5.56 Å². The number of nitrogens with two attached hydrogens (primary N) is 1. The molecule has 1 fully saturated rings. The predicted octanol–water partition coefficient (Wildman–Crippen LogP) is 3.08. The van der Waals surface area contributed by atoms with E-state index in [0.717, 1.165) is 48.2 Å². The molecule has 1 aromatic carbocycles. The van der Waals surface area contributed by atoms with Crippen LogP contribution in [0, 0.1) is 19.8 Å². The van der Waals surface area contributed by atoms with Gasteiger partial charge in [0.1, 0.15) is 12.4 Å². The minimum atomic E-state index is 0. The van der Waals surface area contributed by atoms with Gasteiger partial charge in [0, 0.05) is 25.7 Å². The van der Waals surface area contributed by atoms with Gasteiger partial charge in [0.2, 0.25) is 0 Å². The number of aryl methyl sites for hydroxylation is 2. The Balaban J connectivity index is 0.00000243. The Morgan fingerprint density at radius 2 is 2.04 bits per heavy atom. The molecule has 0 radical (unpaired) electrons. The third-order valence-corrected chi connectivity index (χ3v) is 4.93. The van der Waals surface area contributed by atoms with Gasteiger partial charge in [-0.25, -0.2) is 0 Å². The molecule has 0 bridgehead atoms. The fourth-order valence-electron chi connectivity index (χ4n) is 3.27. The summed E-state index contributed by atoms with van der Waals surface area (Å²) in [5, 5.41) is 3.95. The fourth-order valence-corrected chi connectivity index (χ4v) is 3.27. The SMILES string of the molecule is COc1cc(CN2CC(C)C(N)C2)ccc1OCc1c(C)noc1C.Cl. The van der Waals surface area contributed by atoms with Crippen molar-refractivity contribution in [2.24, 2.45) is 11.7 Å². The van der Waals surface area contributed by atoms with Crippen LogP contribution in [0.5, 0.6) is 11.5 Å². The monoisotopic (exact) mass is 381 g/mol. The molecule has 1 aromatic heterocycles. The molecule has 7 heteroatoms. The number of aromatic nitrogens is 1. The Labute approximate surface area is 161 Å². The highest BCUT2D eigenvalue weighted by Gasteiger charge is 2.26. The number of nitrogens with zero attached hydrogens (tertiary/aromatic N) is 2. The number of hydrogen-bond donors (Lipinski definition) is 1. The lowest BCUT2D eigenvalue weighted by molar-refractivity contribution is 0.280. The van der Waals surface area contributed by atoms with Gasteiger partial charge in [-0.1, -0.05) is 18.1 Å². The molecule has 0 spiro atoms. The third kappa shape index (κ3) is 4.50. The summed E-state index contributed by atoms with van der Waals surface area (Å²) in [7, 11) is 1.66. The van der Waals surface area contributed by atoms with Crippen molar-refractivity contribution in [2.75, 3.05) is 20.2 Å². The summed E-state index contributed by atoms with van der Waals surface area (Å²) >= 11 is 0. The first kappa shape index (κ1) is 20.6. The first-order valence-electron chi connectivity index (χ1n) is 8.67. The van der Waals surface area contributed by atoms with Gasteiger partial charge in [0.25, 0.3) is 0 Å². The van der Waals surface area contributed by atoms with E-state index >= 15 is 0 Å². The maximum Gasteiger partial charge on any atom is 0.161 e. The summed E-state index contributed by atoms with van der Waals surface area (Å²) in [4.78, 5) is 2.38. The lowest BCUT2D eigenvalue weighted by Gasteiger charge is -2.17. The highest BCUT2D eigenvalue weighted by atomic mass is 35.5. The van der Waals surface area contributed by atoms with Crippen LogP contribution in [-0.2, 0) is 13.2 Å². The summed E-state index contributed by atoms with van der Waals surface area (Å²) in [6.07, 6.45) is 0. The van der Waals surface area contributed by atoms with E-state index in [0.29, 0.717) is 12.5 Å². The van der Waals surface area contributed by atoms with E-state index < -0.39 is 0 Å². The maximum absolute atomic E-state index is 6.11. The molecule has 2 N–H and O–H groups in total. The molecule has 26 heavy (non-hydrogen) atoms. The lowest BCUT2D eigenvalue weighted by Crippen LogP contribution is -2.28. The van der Waals surface area contributed by atoms with Crippen LogP contribution in [0.15, 0.2) is 22.7 Å². The topological polar surface area (TPSA) is 73.8 Å². The van der Waals surface area contributed by atoms with Crippen molar-refractivity contribution in [3.05, 3.63) is 40.8 Å². The zero-order chi connectivity index (χ0) is 18.0. The largest absolute Gasteiger partial charge is 0.493 e. The second kappa shape index (κ2) is 8.75. The van der Waals surface area contributed by atoms with E-state index in [1.807, 2.05) is 26.0 Å². The minimum absolute atomic E-state index is 0. The highest BCUT2D eigenvalue weighted by Crippen LogP contribution is 2.30. The summed E-state index contributed by atoms with van der Waals surface area (Å²) in [6, 6.07) is 6.35. The number of halogens is 1. The Morgan fingerprint density at radius 1 is 1.27 bits per heavy atom. The fraction of sp³-hybridized carbons (Fsp3) is 0.526. The van der Waals surface area contributed by atoms with Crippen molar-refractivity contribution in [1.29, 1.82) is 0 Å². The van der Waals surface area contributed by atoms with E-state index in [1.54, 1.807) is 7.11 Å². The molecule has 6 nitrogen and oxygen atoms in total. The molecule has 2 aromatic rings. The Morgan fingerprint density at radius 3 is 2.62 bits per heavy atom. The number of hydrogen-bond acceptors (Lipinski definition) is 6. The standard InChI is InChI=1S/C19H27N3O3.ClH/c1-12-8-22(10-17(12)20)9-15-5-6-18(19(7-15)23-4)24-11-16-13(2)21-25-14(16)3;/h5-7,12,17H,8-11,20H2,1-4H3;1H. The van der Waals surface area contributed by atoms with E-state index in [4.69, 9.17) is 19.7 Å². The average Bonchev–Trinajstić information content (AvgIpc) is 3.08.